The van der Waals surface area contributed by atoms with Crippen LogP contribution in [0, 0.1) is 6.92 Å². The molecular formula is C21H18N4OS2. The van der Waals surface area contributed by atoms with Gasteiger partial charge in [0.15, 0.2) is 0 Å². The first-order valence-electron chi connectivity index (χ1n) is 8.68. The zero-order chi connectivity index (χ0) is 19.5. The number of thioether (sulfide) groups is 1. The van der Waals surface area contributed by atoms with Crippen molar-refractivity contribution in [3.05, 3.63) is 65.8 Å². The van der Waals surface area contributed by atoms with Crippen LogP contribution in [-0.4, -0.2) is 21.6 Å². The second-order valence-corrected chi connectivity index (χ2v) is 8.17. The highest BCUT2D eigenvalue weighted by molar-refractivity contribution is 8.00. The van der Waals surface area contributed by atoms with Gasteiger partial charge in [-0.25, -0.2) is 9.97 Å². The van der Waals surface area contributed by atoms with Gasteiger partial charge in [-0.2, -0.15) is 0 Å². The minimum absolute atomic E-state index is 0.227. The van der Waals surface area contributed by atoms with Gasteiger partial charge in [0.25, 0.3) is 0 Å². The minimum atomic E-state index is -0.344. The van der Waals surface area contributed by atoms with Crippen molar-refractivity contribution in [2.24, 2.45) is 5.73 Å². The Balaban J connectivity index is 1.75. The van der Waals surface area contributed by atoms with Crippen molar-refractivity contribution in [1.29, 1.82) is 0 Å². The molecule has 0 aliphatic heterocycles. The zero-order valence-electron chi connectivity index (χ0n) is 15.2. The van der Waals surface area contributed by atoms with Crippen LogP contribution in [0.2, 0.25) is 0 Å². The molecular weight excluding hydrogens is 388 g/mol. The number of rotatable bonds is 6. The predicted octanol–water partition coefficient (Wildman–Crippen LogP) is 4.99. The maximum Gasteiger partial charge on any atom is 0.227 e. The number of aryl methyl sites for hydroxylation is 1. The van der Waals surface area contributed by atoms with E-state index in [1.165, 1.54) is 17.3 Å². The fraction of sp³-hybridized carbons (Fsp3) is 0.0952. The first kappa shape index (κ1) is 18.5. The summed E-state index contributed by atoms with van der Waals surface area (Å²) in [5.74, 6) is 0.628. The molecule has 0 saturated heterocycles. The van der Waals surface area contributed by atoms with Crippen LogP contribution in [0.1, 0.15) is 5.56 Å². The Morgan fingerprint density at radius 1 is 1.14 bits per heavy atom. The molecule has 0 radical (unpaired) electrons. The Hall–Kier alpha value is -2.90. The van der Waals surface area contributed by atoms with Gasteiger partial charge in [-0.3, -0.25) is 4.79 Å². The van der Waals surface area contributed by atoms with Crippen LogP contribution in [0.25, 0.3) is 21.3 Å². The Morgan fingerprint density at radius 3 is 2.71 bits per heavy atom. The topological polar surface area (TPSA) is 80.9 Å². The predicted molar refractivity (Wildman–Crippen MR) is 117 cm³/mol. The van der Waals surface area contributed by atoms with Gasteiger partial charge in [0.1, 0.15) is 17.0 Å². The molecule has 1 amide bonds. The summed E-state index contributed by atoms with van der Waals surface area (Å²) in [5.41, 5.74) is 9.64. The molecule has 2 aromatic heterocycles. The third-order valence-electron chi connectivity index (χ3n) is 4.24. The van der Waals surface area contributed by atoms with Crippen LogP contribution in [-0.2, 0) is 4.79 Å². The van der Waals surface area contributed by atoms with Crippen molar-refractivity contribution in [2.45, 2.75) is 11.8 Å². The third-order valence-corrected chi connectivity index (χ3v) is 6.23. The number of nitrogens with zero attached hydrogens (tertiary/aromatic N) is 2. The molecule has 0 spiro atoms. The lowest BCUT2D eigenvalue weighted by atomic mass is 10.0. The fourth-order valence-corrected chi connectivity index (χ4v) is 4.55. The number of carbonyl (C=O) groups excluding carboxylic acids is 1. The highest BCUT2D eigenvalue weighted by atomic mass is 32.2. The minimum Gasteiger partial charge on any atom is -0.369 e. The summed E-state index contributed by atoms with van der Waals surface area (Å²) in [7, 11) is 0. The van der Waals surface area contributed by atoms with Gasteiger partial charge in [0.05, 0.1) is 16.8 Å². The number of benzene rings is 2. The second kappa shape index (κ2) is 8.00. The molecule has 0 unspecified atom stereocenters. The van der Waals surface area contributed by atoms with Gasteiger partial charge in [0.2, 0.25) is 5.91 Å². The van der Waals surface area contributed by atoms with E-state index in [0.717, 1.165) is 37.7 Å². The Bertz CT molecular complexity index is 1140. The maximum atomic E-state index is 11.2. The van der Waals surface area contributed by atoms with Gasteiger partial charge in [-0.05, 0) is 24.6 Å². The zero-order valence-corrected chi connectivity index (χ0v) is 16.8. The van der Waals surface area contributed by atoms with Gasteiger partial charge < -0.3 is 11.1 Å². The quantitative estimate of drug-likeness (QED) is 0.441. The number of nitrogens with two attached hydrogens (primary N) is 1. The molecule has 0 fully saturated rings. The number of hydrogen-bond acceptors (Lipinski definition) is 6. The molecule has 3 N–H and O–H groups in total. The molecule has 2 aromatic carbocycles. The van der Waals surface area contributed by atoms with Crippen LogP contribution in [0.4, 0.5) is 11.5 Å². The molecule has 5 nitrogen and oxygen atoms in total. The second-order valence-electron chi connectivity index (χ2n) is 6.29. The van der Waals surface area contributed by atoms with E-state index >= 15 is 0 Å². The van der Waals surface area contributed by atoms with E-state index in [-0.39, 0.29) is 11.7 Å². The smallest absolute Gasteiger partial charge is 0.227 e. The highest BCUT2D eigenvalue weighted by Gasteiger charge is 2.14. The number of thiophene rings is 1. The lowest BCUT2D eigenvalue weighted by Gasteiger charge is -2.12. The molecule has 0 aliphatic carbocycles. The van der Waals surface area contributed by atoms with E-state index in [0.29, 0.717) is 0 Å². The highest BCUT2D eigenvalue weighted by Crippen LogP contribution is 2.38. The van der Waals surface area contributed by atoms with Crippen molar-refractivity contribution >= 4 is 50.7 Å². The van der Waals surface area contributed by atoms with Crippen molar-refractivity contribution < 1.29 is 4.79 Å². The molecule has 7 heteroatoms. The molecule has 2 heterocycles. The van der Waals surface area contributed by atoms with E-state index in [1.54, 1.807) is 17.7 Å². The SMILES string of the molecule is Cc1ccc(-c2csc3ncnc(Nc4ccccc4SCC(N)=O)c23)cc1. The number of para-hydroxylation sites is 1. The first-order valence-corrected chi connectivity index (χ1v) is 10.5. The summed E-state index contributed by atoms with van der Waals surface area (Å²) in [6, 6.07) is 16.2. The van der Waals surface area contributed by atoms with Crippen molar-refractivity contribution in [2.75, 3.05) is 11.1 Å². The Kier molecular flexibility index (Phi) is 5.27. The van der Waals surface area contributed by atoms with E-state index in [2.05, 4.69) is 51.9 Å². The summed E-state index contributed by atoms with van der Waals surface area (Å²) >= 11 is 3.00. The third kappa shape index (κ3) is 3.85. The van der Waals surface area contributed by atoms with Gasteiger partial charge in [0, 0.05) is 15.8 Å². The van der Waals surface area contributed by atoms with E-state index in [1.807, 2.05) is 24.3 Å². The lowest BCUT2D eigenvalue weighted by molar-refractivity contribution is -0.115. The maximum absolute atomic E-state index is 11.2. The number of aromatic nitrogens is 2. The Morgan fingerprint density at radius 2 is 1.93 bits per heavy atom. The van der Waals surface area contributed by atoms with Crippen molar-refractivity contribution in [1.82, 2.24) is 9.97 Å². The van der Waals surface area contributed by atoms with Crippen LogP contribution >= 0.6 is 23.1 Å². The molecule has 4 aromatic rings. The Labute approximate surface area is 171 Å². The summed E-state index contributed by atoms with van der Waals surface area (Å²) in [6.45, 7) is 2.08. The molecule has 4 rings (SSSR count). The average Bonchev–Trinajstić information content (AvgIpc) is 3.13. The summed E-state index contributed by atoms with van der Waals surface area (Å²) in [5, 5.41) is 6.54. The molecule has 0 aliphatic rings. The lowest BCUT2D eigenvalue weighted by Crippen LogP contribution is -2.13. The van der Waals surface area contributed by atoms with Gasteiger partial charge in [-0.1, -0.05) is 42.0 Å². The number of carbonyl (C=O) groups is 1. The molecule has 140 valence electrons. The number of fused-ring (bicyclic) bond motifs is 1. The van der Waals surface area contributed by atoms with Crippen molar-refractivity contribution in [3.8, 4) is 11.1 Å². The number of amides is 1. The normalized spacial score (nSPS) is 10.9. The standard InChI is InChI=1S/C21H18N4OS2/c1-13-6-8-14(9-7-13)15-10-28-21-19(15)20(23-12-24-21)25-16-4-2-3-5-17(16)27-11-18(22)26/h2-10,12H,11H2,1H3,(H2,22,26)(H,23,24,25). The number of primary amides is 1. The first-order chi connectivity index (χ1) is 13.6. The molecule has 0 saturated carbocycles. The van der Waals surface area contributed by atoms with Crippen molar-refractivity contribution in [3.63, 3.8) is 0 Å². The van der Waals surface area contributed by atoms with Gasteiger partial charge in [-0.15, -0.1) is 23.1 Å². The molecule has 0 atom stereocenters. The van der Waals surface area contributed by atoms with E-state index in [9.17, 15) is 4.79 Å². The monoisotopic (exact) mass is 406 g/mol. The number of nitrogens with one attached hydrogen (secondary N) is 1. The van der Waals surface area contributed by atoms with Gasteiger partial charge >= 0.3 is 0 Å². The summed E-state index contributed by atoms with van der Waals surface area (Å²) < 4.78 is 0. The van der Waals surface area contributed by atoms with E-state index < -0.39 is 0 Å². The summed E-state index contributed by atoms with van der Waals surface area (Å²) in [4.78, 5) is 22.0. The molecule has 28 heavy (non-hydrogen) atoms. The van der Waals surface area contributed by atoms with Crippen LogP contribution < -0.4 is 11.1 Å². The van der Waals surface area contributed by atoms with Crippen LogP contribution in [0.5, 0.6) is 0 Å². The van der Waals surface area contributed by atoms with Crippen LogP contribution in [0.15, 0.2) is 65.1 Å². The van der Waals surface area contributed by atoms with Crippen LogP contribution in [0.3, 0.4) is 0 Å². The fourth-order valence-electron chi connectivity index (χ4n) is 2.89. The van der Waals surface area contributed by atoms with E-state index in [4.69, 9.17) is 5.73 Å². The number of anilines is 2. The molecule has 0 bridgehead atoms. The summed E-state index contributed by atoms with van der Waals surface area (Å²) in [6.07, 6.45) is 1.57. The largest absolute Gasteiger partial charge is 0.369 e. The number of hydrogen-bond donors (Lipinski definition) is 2. The average molecular weight is 407 g/mol.